The van der Waals surface area contributed by atoms with Crippen LogP contribution in [0.2, 0.25) is 0 Å². The standard InChI is InChI=1S/C13H21N5O/c14-4-1-6-18(7-2-5-15)13(19)11-17-8-3-12(9-16)10-17/h12H,1-3,6-11,16H2. The third-order valence-corrected chi connectivity index (χ3v) is 3.40. The molecule has 0 aromatic carbocycles. The first-order chi connectivity index (χ1) is 9.21. The summed E-state index contributed by atoms with van der Waals surface area (Å²) in [5.41, 5.74) is 5.62. The Labute approximate surface area is 114 Å². The SMILES string of the molecule is N#CCCN(CCC#N)C(=O)CN1CCC(CN)C1. The van der Waals surface area contributed by atoms with Gasteiger partial charge in [0.05, 0.1) is 31.5 Å². The molecule has 0 bridgehead atoms. The van der Waals surface area contributed by atoms with Gasteiger partial charge in [-0.2, -0.15) is 10.5 Å². The van der Waals surface area contributed by atoms with Crippen LogP contribution in [0.1, 0.15) is 19.3 Å². The number of carbonyl (C=O) groups is 1. The highest BCUT2D eigenvalue weighted by Crippen LogP contribution is 2.14. The largest absolute Gasteiger partial charge is 0.340 e. The van der Waals surface area contributed by atoms with Gasteiger partial charge in [0.1, 0.15) is 0 Å². The van der Waals surface area contributed by atoms with Crippen molar-refractivity contribution in [2.24, 2.45) is 11.7 Å². The summed E-state index contributed by atoms with van der Waals surface area (Å²) >= 11 is 0. The smallest absolute Gasteiger partial charge is 0.236 e. The molecule has 1 amide bonds. The van der Waals surface area contributed by atoms with E-state index in [0.29, 0.717) is 44.9 Å². The summed E-state index contributed by atoms with van der Waals surface area (Å²) in [7, 11) is 0. The molecule has 6 nitrogen and oxygen atoms in total. The van der Waals surface area contributed by atoms with Crippen LogP contribution >= 0.6 is 0 Å². The number of hydrogen-bond acceptors (Lipinski definition) is 5. The Morgan fingerprint density at radius 2 is 1.95 bits per heavy atom. The third kappa shape index (κ3) is 5.25. The number of amides is 1. The lowest BCUT2D eigenvalue weighted by Crippen LogP contribution is -2.40. The third-order valence-electron chi connectivity index (χ3n) is 3.40. The topological polar surface area (TPSA) is 97.1 Å². The van der Waals surface area contributed by atoms with Crippen LogP contribution in [0.25, 0.3) is 0 Å². The van der Waals surface area contributed by atoms with E-state index in [1.54, 1.807) is 4.90 Å². The van der Waals surface area contributed by atoms with E-state index in [1.165, 1.54) is 0 Å². The molecule has 0 radical (unpaired) electrons. The van der Waals surface area contributed by atoms with E-state index in [-0.39, 0.29) is 5.91 Å². The van der Waals surface area contributed by atoms with Crippen molar-refractivity contribution >= 4 is 5.91 Å². The Kier molecular flexibility index (Phi) is 6.88. The minimum absolute atomic E-state index is 0.00294. The van der Waals surface area contributed by atoms with Crippen LogP contribution in [0.3, 0.4) is 0 Å². The minimum Gasteiger partial charge on any atom is -0.340 e. The molecule has 0 aromatic heterocycles. The predicted molar refractivity (Wildman–Crippen MR) is 70.6 cm³/mol. The number of likely N-dealkylation sites (tertiary alicyclic amines) is 1. The Hall–Kier alpha value is -1.63. The number of nitriles is 2. The highest BCUT2D eigenvalue weighted by Gasteiger charge is 2.24. The van der Waals surface area contributed by atoms with Gasteiger partial charge in [0, 0.05) is 19.6 Å². The zero-order valence-corrected chi connectivity index (χ0v) is 11.2. The summed E-state index contributed by atoms with van der Waals surface area (Å²) in [5, 5.41) is 17.2. The second-order valence-corrected chi connectivity index (χ2v) is 4.82. The second-order valence-electron chi connectivity index (χ2n) is 4.82. The summed E-state index contributed by atoms with van der Waals surface area (Å²) in [6.45, 7) is 3.62. The zero-order chi connectivity index (χ0) is 14.1. The summed E-state index contributed by atoms with van der Waals surface area (Å²) in [6.07, 6.45) is 1.66. The molecule has 0 aromatic rings. The van der Waals surface area contributed by atoms with Crippen molar-refractivity contribution in [1.82, 2.24) is 9.80 Å². The summed E-state index contributed by atoms with van der Waals surface area (Å²) in [6, 6.07) is 4.06. The number of nitrogens with zero attached hydrogens (tertiary/aromatic N) is 4. The van der Waals surface area contributed by atoms with E-state index in [0.717, 1.165) is 19.5 Å². The molecule has 19 heavy (non-hydrogen) atoms. The van der Waals surface area contributed by atoms with Crippen molar-refractivity contribution in [3.63, 3.8) is 0 Å². The average molecular weight is 263 g/mol. The van der Waals surface area contributed by atoms with Gasteiger partial charge in [-0.15, -0.1) is 0 Å². The fourth-order valence-corrected chi connectivity index (χ4v) is 2.27. The van der Waals surface area contributed by atoms with Crippen LogP contribution in [-0.4, -0.2) is 55.0 Å². The van der Waals surface area contributed by atoms with E-state index in [2.05, 4.69) is 4.90 Å². The lowest BCUT2D eigenvalue weighted by molar-refractivity contribution is -0.132. The maximum atomic E-state index is 12.1. The highest BCUT2D eigenvalue weighted by atomic mass is 16.2. The van der Waals surface area contributed by atoms with E-state index in [9.17, 15) is 4.79 Å². The summed E-state index contributed by atoms with van der Waals surface area (Å²) < 4.78 is 0. The van der Waals surface area contributed by atoms with Gasteiger partial charge in [-0.25, -0.2) is 0 Å². The van der Waals surface area contributed by atoms with Gasteiger partial charge in [0.25, 0.3) is 0 Å². The van der Waals surface area contributed by atoms with Gasteiger partial charge in [0.2, 0.25) is 5.91 Å². The van der Waals surface area contributed by atoms with Gasteiger partial charge < -0.3 is 10.6 Å². The van der Waals surface area contributed by atoms with Crippen LogP contribution in [0.15, 0.2) is 0 Å². The lowest BCUT2D eigenvalue weighted by Gasteiger charge is -2.23. The van der Waals surface area contributed by atoms with Crippen molar-refractivity contribution in [2.45, 2.75) is 19.3 Å². The molecule has 1 aliphatic rings. The van der Waals surface area contributed by atoms with Crippen molar-refractivity contribution in [3.05, 3.63) is 0 Å². The lowest BCUT2D eigenvalue weighted by atomic mass is 10.1. The normalized spacial score (nSPS) is 18.8. The van der Waals surface area contributed by atoms with E-state index in [4.69, 9.17) is 16.3 Å². The van der Waals surface area contributed by atoms with Crippen LogP contribution in [0.4, 0.5) is 0 Å². The first kappa shape index (κ1) is 15.4. The zero-order valence-electron chi connectivity index (χ0n) is 11.2. The molecule has 104 valence electrons. The predicted octanol–water partition coefficient (Wildman–Crippen LogP) is -0.0770. The molecule has 1 atom stereocenters. The number of rotatable bonds is 7. The molecule has 0 saturated carbocycles. The molecule has 0 aliphatic carbocycles. The fourth-order valence-electron chi connectivity index (χ4n) is 2.27. The molecule has 1 heterocycles. The average Bonchev–Trinajstić information content (AvgIpc) is 2.86. The van der Waals surface area contributed by atoms with Crippen LogP contribution < -0.4 is 5.73 Å². The van der Waals surface area contributed by atoms with E-state index in [1.807, 2.05) is 12.1 Å². The highest BCUT2D eigenvalue weighted by molar-refractivity contribution is 5.78. The maximum absolute atomic E-state index is 12.1. The van der Waals surface area contributed by atoms with Crippen LogP contribution in [0.5, 0.6) is 0 Å². The van der Waals surface area contributed by atoms with Gasteiger partial charge >= 0.3 is 0 Å². The van der Waals surface area contributed by atoms with E-state index >= 15 is 0 Å². The molecular formula is C13H21N5O. The van der Waals surface area contributed by atoms with Crippen molar-refractivity contribution < 1.29 is 4.79 Å². The monoisotopic (exact) mass is 263 g/mol. The molecule has 6 heteroatoms. The Morgan fingerprint density at radius 1 is 1.32 bits per heavy atom. The summed E-state index contributed by atoms with van der Waals surface area (Å²) in [4.78, 5) is 15.9. The molecule has 1 saturated heterocycles. The molecule has 2 N–H and O–H groups in total. The maximum Gasteiger partial charge on any atom is 0.236 e. The molecular weight excluding hydrogens is 242 g/mol. The van der Waals surface area contributed by atoms with Crippen LogP contribution in [0, 0.1) is 28.6 Å². The van der Waals surface area contributed by atoms with Crippen molar-refractivity contribution in [3.8, 4) is 12.1 Å². The van der Waals surface area contributed by atoms with Crippen LogP contribution in [-0.2, 0) is 4.79 Å². The number of nitrogens with two attached hydrogens (primary N) is 1. The Morgan fingerprint density at radius 3 is 2.42 bits per heavy atom. The molecule has 1 fully saturated rings. The first-order valence-electron chi connectivity index (χ1n) is 6.65. The molecule has 0 spiro atoms. The van der Waals surface area contributed by atoms with Gasteiger partial charge in [-0.05, 0) is 25.4 Å². The summed E-state index contributed by atoms with van der Waals surface area (Å²) in [5.74, 6) is 0.489. The molecule has 1 rings (SSSR count). The Bertz CT molecular complexity index is 352. The van der Waals surface area contributed by atoms with E-state index < -0.39 is 0 Å². The van der Waals surface area contributed by atoms with Gasteiger partial charge in [-0.1, -0.05) is 0 Å². The molecule has 1 aliphatic heterocycles. The number of hydrogen-bond donors (Lipinski definition) is 1. The first-order valence-corrected chi connectivity index (χ1v) is 6.65. The van der Waals surface area contributed by atoms with Gasteiger partial charge in [-0.3, -0.25) is 9.69 Å². The molecule has 1 unspecified atom stereocenters. The van der Waals surface area contributed by atoms with Gasteiger partial charge in [0.15, 0.2) is 0 Å². The number of carbonyl (C=O) groups excluding carboxylic acids is 1. The van der Waals surface area contributed by atoms with Crippen molar-refractivity contribution in [1.29, 1.82) is 10.5 Å². The Balaban J connectivity index is 2.43. The van der Waals surface area contributed by atoms with Crippen molar-refractivity contribution in [2.75, 3.05) is 39.3 Å². The fraction of sp³-hybridized carbons (Fsp3) is 0.769. The second kappa shape index (κ2) is 8.47. The minimum atomic E-state index is 0.00294. The quantitative estimate of drug-likeness (QED) is 0.693.